The summed E-state index contributed by atoms with van der Waals surface area (Å²) in [7, 11) is 0. The fourth-order valence-corrected chi connectivity index (χ4v) is 21.1. The minimum atomic E-state index is -0.131. The smallest absolute Gasteiger partial charge is 0.0485 e. The summed E-state index contributed by atoms with van der Waals surface area (Å²) >= 11 is 0. The molecule has 0 radical (unpaired) electrons. The number of H-pyrrole nitrogens is 4. The van der Waals surface area contributed by atoms with Gasteiger partial charge in [-0.3, -0.25) is 0 Å². The van der Waals surface area contributed by atoms with Crippen LogP contribution in [0.3, 0.4) is 0 Å². The average molecular weight is 1550 g/mol. The van der Waals surface area contributed by atoms with Crippen molar-refractivity contribution in [3.05, 3.63) is 211 Å². The molecule has 1 aliphatic heterocycles. The third-order valence-electron chi connectivity index (χ3n) is 27.7. The molecule has 4 aromatic heterocycles. The van der Waals surface area contributed by atoms with E-state index >= 15 is 0 Å². The minimum Gasteiger partial charge on any atom is -0.355 e. The Morgan fingerprint density at radius 2 is 0.487 bits per heavy atom. The summed E-state index contributed by atoms with van der Waals surface area (Å²) in [5.74, 6) is 0. The van der Waals surface area contributed by atoms with Crippen LogP contribution in [-0.4, -0.2) is 19.9 Å². The molecule has 3 aliphatic rings. The number of hydrogen-bond acceptors (Lipinski definition) is 0. The second kappa shape index (κ2) is 51.1. The molecule has 0 spiro atoms. The zero-order chi connectivity index (χ0) is 79.5. The van der Waals surface area contributed by atoms with Gasteiger partial charge in [0.1, 0.15) is 0 Å². The summed E-state index contributed by atoms with van der Waals surface area (Å²) in [5, 5.41) is 4.46. The maximum atomic E-state index is 4.09. The second-order valence-corrected chi connectivity index (χ2v) is 37.0. The fraction of sp³-hybridized carbons (Fsp3) is 0.604. The lowest BCUT2D eigenvalue weighted by Gasteiger charge is -2.35. The number of unbranched alkanes of at least 4 members (excludes halogenated alkanes) is 55. The van der Waals surface area contributed by atoms with E-state index < -0.39 is 0 Å². The molecule has 0 amide bonds. The van der Waals surface area contributed by atoms with Gasteiger partial charge in [0.15, 0.2) is 0 Å². The van der Waals surface area contributed by atoms with Crippen LogP contribution in [0, 0.1) is 0 Å². The third kappa shape index (κ3) is 27.0. The first-order valence-corrected chi connectivity index (χ1v) is 49.6. The first-order chi connectivity index (χ1) is 56.9. The molecule has 1 atom stereocenters. The summed E-state index contributed by atoms with van der Waals surface area (Å²) in [6.45, 7) is 9.54. The molecule has 115 heavy (non-hydrogen) atoms. The quantitative estimate of drug-likeness (QED) is 0.0275. The highest BCUT2D eigenvalue weighted by atomic mass is 14.8. The van der Waals surface area contributed by atoms with Crippen LogP contribution in [0.2, 0.25) is 0 Å². The lowest BCUT2D eigenvalue weighted by Crippen LogP contribution is -2.28. The molecule has 8 bridgehead atoms. The van der Waals surface area contributed by atoms with Crippen molar-refractivity contribution in [2.75, 3.05) is 0 Å². The number of benzene rings is 4. The summed E-state index contributed by atoms with van der Waals surface area (Å²) in [4.78, 5) is 16.3. The largest absolute Gasteiger partial charge is 0.355 e. The highest BCUT2D eigenvalue weighted by Crippen LogP contribution is 2.57. The number of aromatic nitrogens is 4. The van der Waals surface area contributed by atoms with E-state index in [1.165, 1.54) is 441 Å². The van der Waals surface area contributed by atoms with Crippen LogP contribution in [-0.2, 0) is 10.8 Å². The summed E-state index contributed by atoms with van der Waals surface area (Å²) < 4.78 is 0. The Kier molecular flexibility index (Phi) is 39.6. The first kappa shape index (κ1) is 89.3. The zero-order valence-electron chi connectivity index (χ0n) is 74.0. The standard InChI is InChI=1S/C111H162N4/c1-5-8-11-14-17-20-23-26-29-30-31-32-33-34-35-36-37-38-39-40-41-42-43-44-45-48-51-54-57-64-85-110(4)100-75-62-60-69-94(100)96-71-67-73-98(108(96)110)106-102-81-77-90(112-102)88-92-79-83-104(114-92)107(105-84-80-93(115-105)89-91-78-82-103(106)113-91)99-74-68-72-97-95-70-61-63-76-101(95)111(109(97)99,86-65-58-55-52-49-46-27-24-21-18-15-12-9-6-2)87-66-59-56-53-50-47-28-25-22-19-16-13-10-7-3/h60-63,67-84,88-89,112-115H,5-59,64-66,85-87H2,1-4H3. The van der Waals surface area contributed by atoms with E-state index in [2.05, 4.69) is 193 Å². The highest BCUT2D eigenvalue weighted by Gasteiger charge is 2.45. The molecule has 4 aromatic carbocycles. The van der Waals surface area contributed by atoms with Crippen LogP contribution in [0.5, 0.6) is 0 Å². The Morgan fingerprint density at radius 1 is 0.217 bits per heavy atom. The number of rotatable bonds is 63. The van der Waals surface area contributed by atoms with Gasteiger partial charge in [-0.25, -0.2) is 0 Å². The van der Waals surface area contributed by atoms with Gasteiger partial charge in [0.05, 0.1) is 0 Å². The van der Waals surface area contributed by atoms with Crippen molar-refractivity contribution in [2.24, 2.45) is 0 Å². The Bertz CT molecular complexity index is 4230. The Balaban J connectivity index is 0.731. The summed E-state index contributed by atoms with van der Waals surface area (Å²) in [6, 6.07) is 52.1. The molecule has 626 valence electrons. The lowest BCUT2D eigenvalue weighted by atomic mass is 9.68. The van der Waals surface area contributed by atoms with E-state index in [1.54, 1.807) is 11.1 Å². The predicted octanol–water partition coefficient (Wildman–Crippen LogP) is 31.9. The predicted molar refractivity (Wildman–Crippen MR) is 502 cm³/mol. The SMILES string of the molecule is CCCCCCCCCCCCCCCCCCCCCCCCCCCCCCCCC1(C)c2ccccc2-c2cccc(C3=c4ccc([nH]4)=Cc4ccc([nH]4)C(c4cccc5c4C(CCCCCCCCCCCCCCCC)(CCCCCCCCCCCCCCCC)c4ccccc4-5)=c4ccc([nH]4)=Cc4ccc3[nH]4)c21. The molecule has 0 fully saturated rings. The van der Waals surface area contributed by atoms with Gasteiger partial charge < -0.3 is 19.9 Å². The molecule has 8 aromatic rings. The van der Waals surface area contributed by atoms with E-state index in [0.29, 0.717) is 0 Å². The number of fused-ring (bicyclic) bond motifs is 14. The molecular formula is C111H162N4. The third-order valence-corrected chi connectivity index (χ3v) is 27.7. The molecule has 4 nitrogen and oxygen atoms in total. The van der Waals surface area contributed by atoms with E-state index in [9.17, 15) is 0 Å². The Morgan fingerprint density at radius 3 is 0.835 bits per heavy atom. The molecule has 0 saturated carbocycles. The Hall–Kier alpha value is -6.52. The van der Waals surface area contributed by atoms with E-state index in [-0.39, 0.29) is 10.8 Å². The second-order valence-electron chi connectivity index (χ2n) is 37.0. The lowest BCUT2D eigenvalue weighted by molar-refractivity contribution is 0.396. The fourth-order valence-electron chi connectivity index (χ4n) is 21.1. The molecule has 1 unspecified atom stereocenters. The number of nitrogens with one attached hydrogen (secondary N) is 4. The van der Waals surface area contributed by atoms with Crippen molar-refractivity contribution in [3.63, 3.8) is 0 Å². The minimum absolute atomic E-state index is 0.0831. The van der Waals surface area contributed by atoms with E-state index in [1.807, 2.05) is 0 Å². The van der Waals surface area contributed by atoms with Gasteiger partial charge in [-0.1, -0.05) is 485 Å². The van der Waals surface area contributed by atoms with Gasteiger partial charge in [0, 0.05) is 66.1 Å². The van der Waals surface area contributed by atoms with Gasteiger partial charge in [-0.15, -0.1) is 0 Å². The van der Waals surface area contributed by atoms with Crippen LogP contribution >= 0.6 is 0 Å². The average Bonchev–Trinajstić information content (AvgIpc) is 1.56. The van der Waals surface area contributed by atoms with Gasteiger partial charge in [-0.2, -0.15) is 0 Å². The van der Waals surface area contributed by atoms with Gasteiger partial charge in [0.25, 0.3) is 0 Å². The topological polar surface area (TPSA) is 63.2 Å². The van der Waals surface area contributed by atoms with Crippen LogP contribution in [0.15, 0.2) is 133 Å². The molecule has 5 heterocycles. The first-order valence-electron chi connectivity index (χ1n) is 49.6. The molecule has 2 aliphatic carbocycles. The van der Waals surface area contributed by atoms with Crippen LogP contribution < -0.4 is 21.4 Å². The van der Waals surface area contributed by atoms with Crippen LogP contribution in [0.4, 0.5) is 0 Å². The molecule has 11 rings (SSSR count). The Labute approximate surface area is 702 Å². The highest BCUT2D eigenvalue weighted by molar-refractivity contribution is 5.92. The van der Waals surface area contributed by atoms with Gasteiger partial charge >= 0.3 is 0 Å². The maximum Gasteiger partial charge on any atom is 0.0485 e. The van der Waals surface area contributed by atoms with Crippen LogP contribution in [0.1, 0.15) is 476 Å². The number of aromatic amines is 4. The molecule has 0 saturated heterocycles. The van der Waals surface area contributed by atoms with Crippen molar-refractivity contribution in [3.8, 4) is 22.3 Å². The number of hydrogen-bond donors (Lipinski definition) is 4. The summed E-state index contributed by atoms with van der Waals surface area (Å²) in [5.41, 5.74) is 21.1. The van der Waals surface area contributed by atoms with E-state index in [4.69, 9.17) is 0 Å². The van der Waals surface area contributed by atoms with Crippen molar-refractivity contribution in [1.29, 1.82) is 0 Å². The summed E-state index contributed by atoms with van der Waals surface area (Å²) in [6.07, 6.45) is 89.8. The van der Waals surface area contributed by atoms with Crippen molar-refractivity contribution < 1.29 is 0 Å². The van der Waals surface area contributed by atoms with Crippen LogP contribution in [0.25, 0.3) is 45.6 Å². The van der Waals surface area contributed by atoms with Crippen molar-refractivity contribution >= 4 is 23.3 Å². The monoisotopic (exact) mass is 1550 g/mol. The van der Waals surface area contributed by atoms with Crippen molar-refractivity contribution in [1.82, 2.24) is 19.9 Å². The molecule has 4 N–H and O–H groups in total. The van der Waals surface area contributed by atoms with Gasteiger partial charge in [0.2, 0.25) is 0 Å². The van der Waals surface area contributed by atoms with Crippen molar-refractivity contribution in [2.45, 2.75) is 430 Å². The zero-order valence-corrected chi connectivity index (χ0v) is 74.0. The van der Waals surface area contributed by atoms with E-state index in [0.717, 1.165) is 50.6 Å². The van der Waals surface area contributed by atoms with Gasteiger partial charge in [-0.05, 0) is 136 Å². The normalized spacial score (nSPS) is 14.5. The molecule has 4 heteroatoms. The molecular weight excluding hydrogens is 1390 g/mol. The maximum absolute atomic E-state index is 4.09.